The second kappa shape index (κ2) is 8.49. The first-order valence-corrected chi connectivity index (χ1v) is 10.7. The number of benzene rings is 2. The van der Waals surface area contributed by atoms with Crippen molar-refractivity contribution < 1.29 is 14.3 Å². The van der Waals surface area contributed by atoms with E-state index in [0.717, 1.165) is 16.5 Å². The number of H-pyrrole nitrogens is 1. The highest BCUT2D eigenvalue weighted by atomic mass is 16.6. The lowest BCUT2D eigenvalue weighted by atomic mass is 10.0. The van der Waals surface area contributed by atoms with Gasteiger partial charge >= 0.3 is 6.09 Å². The molecular formula is C25H27N3O4. The monoisotopic (exact) mass is 433 g/mol. The summed E-state index contributed by atoms with van der Waals surface area (Å²) in [5.74, 6) is -0.0900. The molecule has 2 amide bonds. The number of aromatic nitrogens is 1. The van der Waals surface area contributed by atoms with E-state index < -0.39 is 5.60 Å². The Morgan fingerprint density at radius 1 is 0.906 bits per heavy atom. The molecule has 2 aromatic carbocycles. The van der Waals surface area contributed by atoms with Gasteiger partial charge in [0.15, 0.2) is 0 Å². The summed E-state index contributed by atoms with van der Waals surface area (Å²) in [4.78, 5) is 43.9. The van der Waals surface area contributed by atoms with E-state index in [9.17, 15) is 14.4 Å². The van der Waals surface area contributed by atoms with Crippen molar-refractivity contribution in [1.29, 1.82) is 0 Å². The van der Waals surface area contributed by atoms with Crippen LogP contribution in [0.1, 0.15) is 31.1 Å². The van der Waals surface area contributed by atoms with Gasteiger partial charge in [0, 0.05) is 42.8 Å². The van der Waals surface area contributed by atoms with Crippen molar-refractivity contribution in [3.8, 4) is 11.1 Å². The molecule has 1 aliphatic rings. The summed E-state index contributed by atoms with van der Waals surface area (Å²) < 4.78 is 5.40. The van der Waals surface area contributed by atoms with E-state index in [1.54, 1.807) is 34.1 Å². The molecule has 0 saturated carbocycles. The minimum Gasteiger partial charge on any atom is -0.444 e. The van der Waals surface area contributed by atoms with Crippen molar-refractivity contribution in [2.75, 3.05) is 26.2 Å². The third-order valence-corrected chi connectivity index (χ3v) is 5.41. The van der Waals surface area contributed by atoms with Gasteiger partial charge in [-0.2, -0.15) is 0 Å². The minimum absolute atomic E-state index is 0.0900. The molecule has 166 valence electrons. The molecule has 0 atom stereocenters. The van der Waals surface area contributed by atoms with Gasteiger partial charge in [0.2, 0.25) is 0 Å². The molecule has 4 rings (SSSR count). The Balaban J connectivity index is 1.44. The summed E-state index contributed by atoms with van der Waals surface area (Å²) in [6, 6.07) is 16.6. The first-order chi connectivity index (χ1) is 15.2. The van der Waals surface area contributed by atoms with Gasteiger partial charge in [-0.05, 0) is 56.0 Å². The first kappa shape index (κ1) is 21.6. The Kier molecular flexibility index (Phi) is 5.74. The minimum atomic E-state index is -0.543. The maximum Gasteiger partial charge on any atom is 0.410 e. The molecule has 0 radical (unpaired) electrons. The van der Waals surface area contributed by atoms with Gasteiger partial charge in [-0.1, -0.05) is 30.3 Å². The second-order valence-electron chi connectivity index (χ2n) is 8.94. The fraction of sp³-hybridized carbons (Fsp3) is 0.320. The Morgan fingerprint density at radius 2 is 1.53 bits per heavy atom. The molecule has 7 nitrogen and oxygen atoms in total. The number of amides is 2. The fourth-order valence-electron chi connectivity index (χ4n) is 3.76. The Hall–Kier alpha value is -3.61. The average molecular weight is 434 g/mol. The highest BCUT2D eigenvalue weighted by molar-refractivity contribution is 5.95. The summed E-state index contributed by atoms with van der Waals surface area (Å²) in [6.07, 6.45) is -0.352. The fourth-order valence-corrected chi connectivity index (χ4v) is 3.76. The molecule has 2 heterocycles. The van der Waals surface area contributed by atoms with Crippen LogP contribution >= 0.6 is 0 Å². The molecule has 1 saturated heterocycles. The zero-order valence-corrected chi connectivity index (χ0v) is 18.6. The van der Waals surface area contributed by atoms with Crippen LogP contribution in [0.2, 0.25) is 0 Å². The predicted octanol–water partition coefficient (Wildman–Crippen LogP) is 3.89. The molecular weight excluding hydrogens is 406 g/mol. The lowest BCUT2D eigenvalue weighted by Crippen LogP contribution is -2.51. The first-order valence-electron chi connectivity index (χ1n) is 10.7. The lowest BCUT2D eigenvalue weighted by Gasteiger charge is -2.35. The van der Waals surface area contributed by atoms with Crippen LogP contribution in [0, 0.1) is 0 Å². The number of hydrogen-bond acceptors (Lipinski definition) is 4. The highest BCUT2D eigenvalue weighted by Gasteiger charge is 2.28. The number of nitrogens with one attached hydrogen (secondary N) is 1. The zero-order valence-electron chi connectivity index (χ0n) is 18.6. The van der Waals surface area contributed by atoms with Crippen molar-refractivity contribution >= 4 is 22.9 Å². The molecule has 0 spiro atoms. The van der Waals surface area contributed by atoms with E-state index in [1.165, 1.54) is 0 Å². The zero-order chi connectivity index (χ0) is 22.9. The van der Waals surface area contributed by atoms with Crippen LogP contribution in [0.4, 0.5) is 4.79 Å². The molecule has 0 unspecified atom stereocenters. The third-order valence-electron chi connectivity index (χ3n) is 5.41. The highest BCUT2D eigenvalue weighted by Crippen LogP contribution is 2.21. The van der Waals surface area contributed by atoms with Gasteiger partial charge in [-0.15, -0.1) is 0 Å². The number of para-hydroxylation sites is 1. The van der Waals surface area contributed by atoms with Crippen LogP contribution in [0.3, 0.4) is 0 Å². The van der Waals surface area contributed by atoms with E-state index in [1.807, 2.05) is 51.1 Å². The van der Waals surface area contributed by atoms with Crippen molar-refractivity contribution in [3.63, 3.8) is 0 Å². The predicted molar refractivity (Wildman–Crippen MR) is 124 cm³/mol. The van der Waals surface area contributed by atoms with Gasteiger partial charge in [-0.25, -0.2) is 4.79 Å². The number of piperazine rings is 1. The number of fused-ring (bicyclic) bond motifs is 1. The molecule has 0 aliphatic carbocycles. The second-order valence-corrected chi connectivity index (χ2v) is 8.94. The number of nitrogens with zero attached hydrogens (tertiary/aromatic N) is 2. The molecule has 3 aromatic rings. The van der Waals surface area contributed by atoms with E-state index in [0.29, 0.717) is 37.3 Å². The van der Waals surface area contributed by atoms with Crippen molar-refractivity contribution in [3.05, 3.63) is 70.5 Å². The van der Waals surface area contributed by atoms with E-state index in [4.69, 9.17) is 4.74 Å². The molecule has 0 bridgehead atoms. The SMILES string of the molecule is CC(C)(C)OC(=O)N1CCN(C(=O)c2ccc(-c3cc4ccccc4[nH]c3=O)cc2)CC1. The Bertz CT molecular complexity index is 1200. The summed E-state index contributed by atoms with van der Waals surface area (Å²) in [5.41, 5.74) is 1.95. The van der Waals surface area contributed by atoms with Crippen LogP contribution < -0.4 is 5.56 Å². The molecule has 7 heteroatoms. The van der Waals surface area contributed by atoms with Gasteiger partial charge < -0.3 is 19.5 Å². The number of carbonyl (C=O) groups excluding carboxylic acids is 2. The Morgan fingerprint density at radius 3 is 2.19 bits per heavy atom. The van der Waals surface area contributed by atoms with Gasteiger partial charge in [0.05, 0.1) is 0 Å². The van der Waals surface area contributed by atoms with Gasteiger partial charge in [0.1, 0.15) is 5.60 Å². The number of aromatic amines is 1. The average Bonchev–Trinajstić information content (AvgIpc) is 2.77. The van der Waals surface area contributed by atoms with E-state index >= 15 is 0 Å². The summed E-state index contributed by atoms with van der Waals surface area (Å²) in [7, 11) is 0. The standard InChI is InChI=1S/C25H27N3O4/c1-25(2,3)32-24(31)28-14-12-27(13-15-28)23(30)18-10-8-17(9-11-18)20-16-19-6-4-5-7-21(19)26-22(20)29/h4-11,16H,12-15H2,1-3H3,(H,26,29). The summed E-state index contributed by atoms with van der Waals surface area (Å²) in [5, 5.41) is 0.949. The van der Waals surface area contributed by atoms with Crippen LogP contribution in [0.5, 0.6) is 0 Å². The third kappa shape index (κ3) is 4.66. The maximum absolute atomic E-state index is 12.9. The molecule has 32 heavy (non-hydrogen) atoms. The number of carbonyl (C=O) groups is 2. The van der Waals surface area contributed by atoms with Crippen LogP contribution in [0.15, 0.2) is 59.4 Å². The van der Waals surface area contributed by atoms with Crippen molar-refractivity contribution in [2.45, 2.75) is 26.4 Å². The number of rotatable bonds is 2. The van der Waals surface area contributed by atoms with E-state index in [2.05, 4.69) is 4.98 Å². The van der Waals surface area contributed by atoms with Crippen molar-refractivity contribution in [2.24, 2.45) is 0 Å². The summed E-state index contributed by atoms with van der Waals surface area (Å²) >= 11 is 0. The van der Waals surface area contributed by atoms with Gasteiger partial charge in [0.25, 0.3) is 11.5 Å². The largest absolute Gasteiger partial charge is 0.444 e. The smallest absolute Gasteiger partial charge is 0.410 e. The molecule has 1 aliphatic heterocycles. The van der Waals surface area contributed by atoms with Crippen LogP contribution in [-0.4, -0.2) is 58.6 Å². The number of hydrogen-bond donors (Lipinski definition) is 1. The summed E-state index contributed by atoms with van der Waals surface area (Å²) in [6.45, 7) is 7.27. The topological polar surface area (TPSA) is 82.7 Å². The van der Waals surface area contributed by atoms with Crippen LogP contribution in [-0.2, 0) is 4.74 Å². The maximum atomic E-state index is 12.9. The van der Waals surface area contributed by atoms with Crippen molar-refractivity contribution in [1.82, 2.24) is 14.8 Å². The number of ether oxygens (including phenoxy) is 1. The lowest BCUT2D eigenvalue weighted by molar-refractivity contribution is 0.0141. The van der Waals surface area contributed by atoms with Crippen LogP contribution in [0.25, 0.3) is 22.0 Å². The molecule has 1 fully saturated rings. The molecule has 1 N–H and O–H groups in total. The van der Waals surface area contributed by atoms with Gasteiger partial charge in [-0.3, -0.25) is 9.59 Å². The Labute approximate surface area is 186 Å². The quantitative estimate of drug-likeness (QED) is 0.665. The normalized spacial score (nSPS) is 14.5. The molecule has 1 aromatic heterocycles. The van der Waals surface area contributed by atoms with E-state index in [-0.39, 0.29) is 17.6 Å². The number of pyridine rings is 1.